The van der Waals surface area contributed by atoms with Crippen LogP contribution in [0.4, 0.5) is 0 Å². The van der Waals surface area contributed by atoms with Crippen molar-refractivity contribution in [2.24, 2.45) is 0 Å². The number of fused-ring (bicyclic) bond motifs is 1. The number of nitrogens with zero attached hydrogens (tertiary/aromatic N) is 2. The number of carboxylic acid groups (broad SMARTS) is 1. The second-order valence-corrected chi connectivity index (χ2v) is 4.42. The standard InChI is InChI=1S/C16H10N2O2/c17-10-11-1-4-14(5-2-11)18-8-7-12-9-13(16(19)20)3-6-15(12)18/h1-9H,(H,19,20). The van der Waals surface area contributed by atoms with Crippen molar-refractivity contribution in [3.05, 3.63) is 65.9 Å². The molecule has 0 bridgehead atoms. The lowest BCUT2D eigenvalue weighted by atomic mass is 10.1. The van der Waals surface area contributed by atoms with Crippen LogP contribution >= 0.6 is 0 Å². The van der Waals surface area contributed by atoms with E-state index in [0.29, 0.717) is 5.56 Å². The third-order valence-electron chi connectivity index (χ3n) is 3.21. The van der Waals surface area contributed by atoms with Gasteiger partial charge in [-0.2, -0.15) is 5.26 Å². The molecule has 3 rings (SSSR count). The number of rotatable bonds is 2. The van der Waals surface area contributed by atoms with Crippen molar-refractivity contribution in [1.29, 1.82) is 5.26 Å². The largest absolute Gasteiger partial charge is 0.478 e. The van der Waals surface area contributed by atoms with Gasteiger partial charge >= 0.3 is 5.97 Å². The Labute approximate surface area is 115 Å². The molecule has 2 aromatic carbocycles. The molecule has 20 heavy (non-hydrogen) atoms. The van der Waals surface area contributed by atoms with Gasteiger partial charge in [0.15, 0.2) is 0 Å². The third kappa shape index (κ3) is 1.91. The number of hydrogen-bond donors (Lipinski definition) is 1. The number of hydrogen-bond acceptors (Lipinski definition) is 2. The molecule has 0 amide bonds. The molecule has 0 saturated heterocycles. The van der Waals surface area contributed by atoms with Crippen molar-refractivity contribution in [2.75, 3.05) is 0 Å². The molecule has 0 aliphatic heterocycles. The first-order valence-corrected chi connectivity index (χ1v) is 6.04. The normalized spacial score (nSPS) is 10.3. The molecule has 0 unspecified atom stereocenters. The summed E-state index contributed by atoms with van der Waals surface area (Å²) in [4.78, 5) is 11.0. The van der Waals surface area contributed by atoms with E-state index in [1.54, 1.807) is 30.3 Å². The molecular weight excluding hydrogens is 252 g/mol. The summed E-state index contributed by atoms with van der Waals surface area (Å²) >= 11 is 0. The topological polar surface area (TPSA) is 66.0 Å². The highest BCUT2D eigenvalue weighted by molar-refractivity contribution is 5.94. The van der Waals surface area contributed by atoms with Gasteiger partial charge in [0, 0.05) is 17.3 Å². The number of carboxylic acids is 1. The number of benzene rings is 2. The zero-order valence-corrected chi connectivity index (χ0v) is 10.4. The van der Waals surface area contributed by atoms with Crippen LogP contribution in [0.3, 0.4) is 0 Å². The van der Waals surface area contributed by atoms with E-state index < -0.39 is 5.97 Å². The van der Waals surface area contributed by atoms with Crippen molar-refractivity contribution in [3.8, 4) is 11.8 Å². The lowest BCUT2D eigenvalue weighted by Crippen LogP contribution is -1.96. The van der Waals surface area contributed by atoms with Gasteiger partial charge in [-0.25, -0.2) is 4.79 Å². The maximum absolute atomic E-state index is 11.0. The van der Waals surface area contributed by atoms with E-state index in [4.69, 9.17) is 10.4 Å². The zero-order chi connectivity index (χ0) is 14.1. The predicted molar refractivity (Wildman–Crippen MR) is 74.9 cm³/mol. The molecule has 96 valence electrons. The summed E-state index contributed by atoms with van der Waals surface area (Å²) in [6.07, 6.45) is 1.89. The average Bonchev–Trinajstić information content (AvgIpc) is 2.90. The van der Waals surface area contributed by atoms with Crippen LogP contribution in [0.15, 0.2) is 54.7 Å². The summed E-state index contributed by atoms with van der Waals surface area (Å²) in [5.74, 6) is -0.932. The molecule has 1 aromatic heterocycles. The minimum atomic E-state index is -0.932. The zero-order valence-electron chi connectivity index (χ0n) is 10.4. The number of carbonyl (C=O) groups is 1. The van der Waals surface area contributed by atoms with Gasteiger partial charge in [0.1, 0.15) is 0 Å². The van der Waals surface area contributed by atoms with Gasteiger partial charge < -0.3 is 9.67 Å². The Bertz CT molecular complexity index is 839. The molecule has 0 fully saturated rings. The number of aromatic carboxylic acids is 1. The molecule has 0 aliphatic rings. The first-order valence-electron chi connectivity index (χ1n) is 6.04. The first kappa shape index (κ1) is 12.0. The van der Waals surface area contributed by atoms with Crippen molar-refractivity contribution < 1.29 is 9.90 Å². The molecule has 1 N–H and O–H groups in total. The second-order valence-electron chi connectivity index (χ2n) is 4.42. The van der Waals surface area contributed by atoms with E-state index >= 15 is 0 Å². The van der Waals surface area contributed by atoms with Crippen LogP contribution in [0.1, 0.15) is 15.9 Å². The highest BCUT2D eigenvalue weighted by Crippen LogP contribution is 2.22. The molecule has 4 nitrogen and oxygen atoms in total. The van der Waals surface area contributed by atoms with Crippen molar-refractivity contribution in [1.82, 2.24) is 4.57 Å². The van der Waals surface area contributed by atoms with Gasteiger partial charge in [-0.05, 0) is 48.5 Å². The van der Waals surface area contributed by atoms with E-state index in [-0.39, 0.29) is 5.56 Å². The van der Waals surface area contributed by atoms with E-state index in [0.717, 1.165) is 16.6 Å². The van der Waals surface area contributed by atoms with Crippen LogP contribution in [-0.2, 0) is 0 Å². The Balaban J connectivity index is 2.12. The fourth-order valence-electron chi connectivity index (χ4n) is 2.20. The molecular formula is C16H10N2O2. The van der Waals surface area contributed by atoms with Crippen molar-refractivity contribution in [2.45, 2.75) is 0 Å². The van der Waals surface area contributed by atoms with Crippen LogP contribution in [0.2, 0.25) is 0 Å². The monoisotopic (exact) mass is 262 g/mol. The second kappa shape index (κ2) is 4.56. The quantitative estimate of drug-likeness (QED) is 0.771. The summed E-state index contributed by atoms with van der Waals surface area (Å²) in [5.41, 5.74) is 2.75. The van der Waals surface area contributed by atoms with Crippen molar-refractivity contribution >= 4 is 16.9 Å². The Hall–Kier alpha value is -3.06. The molecule has 1 heterocycles. The summed E-state index contributed by atoms with van der Waals surface area (Å²) in [7, 11) is 0. The van der Waals surface area contributed by atoms with E-state index in [1.807, 2.05) is 29.0 Å². The Morgan fingerprint density at radius 3 is 2.50 bits per heavy atom. The lowest BCUT2D eigenvalue weighted by Gasteiger charge is -2.05. The van der Waals surface area contributed by atoms with E-state index in [9.17, 15) is 4.79 Å². The van der Waals surface area contributed by atoms with Gasteiger partial charge in [0.05, 0.1) is 22.7 Å². The van der Waals surface area contributed by atoms with Crippen LogP contribution in [0.25, 0.3) is 16.6 Å². The highest BCUT2D eigenvalue weighted by Gasteiger charge is 2.07. The smallest absolute Gasteiger partial charge is 0.335 e. The molecule has 0 saturated carbocycles. The molecule has 0 spiro atoms. The molecule has 0 radical (unpaired) electrons. The third-order valence-corrected chi connectivity index (χ3v) is 3.21. The number of aromatic nitrogens is 1. The van der Waals surface area contributed by atoms with Crippen molar-refractivity contribution in [3.63, 3.8) is 0 Å². The number of nitriles is 1. The van der Waals surface area contributed by atoms with Crippen LogP contribution < -0.4 is 0 Å². The Kier molecular flexibility index (Phi) is 2.73. The Morgan fingerprint density at radius 2 is 1.85 bits per heavy atom. The van der Waals surface area contributed by atoms with Gasteiger partial charge in [0.2, 0.25) is 0 Å². The minimum absolute atomic E-state index is 0.273. The maximum atomic E-state index is 11.0. The summed E-state index contributed by atoms with van der Waals surface area (Å²) in [6, 6.07) is 16.2. The van der Waals surface area contributed by atoms with Gasteiger partial charge in [-0.3, -0.25) is 0 Å². The molecule has 0 atom stereocenters. The summed E-state index contributed by atoms with van der Waals surface area (Å²) in [5, 5.41) is 18.7. The molecule has 0 aliphatic carbocycles. The van der Waals surface area contributed by atoms with Gasteiger partial charge in [-0.15, -0.1) is 0 Å². The lowest BCUT2D eigenvalue weighted by molar-refractivity contribution is 0.0697. The van der Waals surface area contributed by atoms with Crippen LogP contribution in [-0.4, -0.2) is 15.6 Å². The van der Waals surface area contributed by atoms with Gasteiger partial charge in [-0.1, -0.05) is 0 Å². The molecule has 4 heteroatoms. The van der Waals surface area contributed by atoms with E-state index in [2.05, 4.69) is 6.07 Å². The fraction of sp³-hybridized carbons (Fsp3) is 0. The maximum Gasteiger partial charge on any atom is 0.335 e. The SMILES string of the molecule is N#Cc1ccc(-n2ccc3cc(C(=O)O)ccc32)cc1. The fourth-order valence-corrected chi connectivity index (χ4v) is 2.20. The van der Waals surface area contributed by atoms with E-state index in [1.165, 1.54) is 0 Å². The summed E-state index contributed by atoms with van der Waals surface area (Å²) < 4.78 is 1.96. The van der Waals surface area contributed by atoms with Crippen LogP contribution in [0, 0.1) is 11.3 Å². The predicted octanol–water partition coefficient (Wildman–Crippen LogP) is 3.20. The highest BCUT2D eigenvalue weighted by atomic mass is 16.4. The Morgan fingerprint density at radius 1 is 1.10 bits per heavy atom. The van der Waals surface area contributed by atoms with Gasteiger partial charge in [0.25, 0.3) is 0 Å². The average molecular weight is 262 g/mol. The summed E-state index contributed by atoms with van der Waals surface area (Å²) in [6.45, 7) is 0. The minimum Gasteiger partial charge on any atom is -0.478 e. The molecule has 3 aromatic rings. The van der Waals surface area contributed by atoms with Crippen LogP contribution in [0.5, 0.6) is 0 Å². The first-order chi connectivity index (χ1) is 9.69.